The number of ketones is 1. The Kier molecular flexibility index (Phi) is 3.85. The van der Waals surface area contributed by atoms with Crippen LogP contribution in [0.25, 0.3) is 0 Å². The fourth-order valence-corrected chi connectivity index (χ4v) is 4.21. The smallest absolute Gasteiger partial charge is 0.252 e. The molecule has 8 nitrogen and oxygen atoms in total. The van der Waals surface area contributed by atoms with Gasteiger partial charge in [0.15, 0.2) is 5.78 Å². The molecule has 9 heteroatoms. The first-order valence-electron chi connectivity index (χ1n) is 7.24. The molecule has 0 saturated heterocycles. The number of hydrogen-bond acceptors (Lipinski definition) is 6. The van der Waals surface area contributed by atoms with E-state index in [-0.39, 0.29) is 24.2 Å². The number of aromatic nitrogens is 3. The Balaban J connectivity index is 1.86. The fraction of sp³-hybridized carbons (Fsp3) is 0.333. The monoisotopic (exact) mass is 345 g/mol. The van der Waals surface area contributed by atoms with Gasteiger partial charge in [0.25, 0.3) is 5.82 Å². The summed E-state index contributed by atoms with van der Waals surface area (Å²) in [5.74, 6) is -0.174. The van der Waals surface area contributed by atoms with Crippen LogP contribution in [0.15, 0.2) is 24.5 Å². The molecule has 0 aliphatic carbocycles. The summed E-state index contributed by atoms with van der Waals surface area (Å²) in [6.07, 6.45) is 3.07. The second-order valence-corrected chi connectivity index (χ2v) is 7.62. The lowest BCUT2D eigenvalue weighted by molar-refractivity contribution is 0.0967. The summed E-state index contributed by atoms with van der Waals surface area (Å²) >= 11 is 0. The van der Waals surface area contributed by atoms with E-state index in [0.717, 1.165) is 5.56 Å². The van der Waals surface area contributed by atoms with Crippen LogP contribution in [0.5, 0.6) is 0 Å². The second kappa shape index (κ2) is 5.72. The van der Waals surface area contributed by atoms with Gasteiger partial charge in [-0.15, -0.1) is 5.10 Å². The summed E-state index contributed by atoms with van der Waals surface area (Å²) in [5, 5.41) is 12.6. The minimum Gasteiger partial charge on any atom is -0.292 e. The summed E-state index contributed by atoms with van der Waals surface area (Å²) in [7, 11) is -3.35. The Labute approximate surface area is 139 Å². The Bertz CT molecular complexity index is 958. The van der Waals surface area contributed by atoms with Crippen molar-refractivity contribution in [3.8, 4) is 6.07 Å². The highest BCUT2D eigenvalue weighted by atomic mass is 32.2. The average Bonchev–Trinajstić information content (AvgIpc) is 3.08. The second-order valence-electron chi connectivity index (χ2n) is 5.76. The Hall–Kier alpha value is -2.73. The van der Waals surface area contributed by atoms with Crippen molar-refractivity contribution in [2.45, 2.75) is 25.9 Å². The van der Waals surface area contributed by atoms with Crippen LogP contribution < -0.4 is 4.31 Å². The molecule has 0 bridgehead atoms. The highest BCUT2D eigenvalue weighted by Crippen LogP contribution is 2.34. The van der Waals surface area contributed by atoms with Crippen LogP contribution >= 0.6 is 0 Å². The summed E-state index contributed by atoms with van der Waals surface area (Å²) in [6.45, 7) is 1.81. The number of Topliss-reactive ketones (excluding diaryl/α,β-unsaturated/α-hetero) is 1. The van der Waals surface area contributed by atoms with Gasteiger partial charge in [0.05, 0.1) is 11.9 Å². The quantitative estimate of drug-likeness (QED) is 0.756. The lowest BCUT2D eigenvalue weighted by Crippen LogP contribution is -2.34. The van der Waals surface area contributed by atoms with E-state index in [4.69, 9.17) is 5.26 Å². The Morgan fingerprint density at radius 2 is 2.21 bits per heavy atom. The number of hydrogen-bond donors (Lipinski definition) is 0. The zero-order valence-corrected chi connectivity index (χ0v) is 14.0. The zero-order valence-electron chi connectivity index (χ0n) is 13.2. The summed E-state index contributed by atoms with van der Waals surface area (Å²) in [6, 6.07) is 6.63. The number of nitriles is 1. The third-order valence-electron chi connectivity index (χ3n) is 3.85. The van der Waals surface area contributed by atoms with Gasteiger partial charge in [-0.2, -0.15) is 5.26 Å². The molecule has 1 aromatic carbocycles. The number of fused-ring (bicyclic) bond motifs is 1. The third kappa shape index (κ3) is 2.88. The van der Waals surface area contributed by atoms with Crippen molar-refractivity contribution in [1.29, 1.82) is 5.26 Å². The summed E-state index contributed by atoms with van der Waals surface area (Å²) in [4.78, 5) is 16.1. The van der Waals surface area contributed by atoms with Gasteiger partial charge < -0.3 is 0 Å². The van der Waals surface area contributed by atoms with Crippen molar-refractivity contribution >= 4 is 21.5 Å². The number of sulfonamides is 1. The summed E-state index contributed by atoms with van der Waals surface area (Å²) in [5.41, 5.74) is 1.93. The van der Waals surface area contributed by atoms with E-state index in [9.17, 15) is 13.2 Å². The van der Waals surface area contributed by atoms with E-state index in [1.165, 1.54) is 21.6 Å². The van der Waals surface area contributed by atoms with Crippen LogP contribution in [0.3, 0.4) is 0 Å². The number of nitrogens with zero attached hydrogens (tertiary/aromatic N) is 5. The molecule has 1 aliphatic heterocycles. The molecule has 1 atom stereocenters. The number of anilines is 1. The van der Waals surface area contributed by atoms with Crippen LogP contribution in [-0.2, 0) is 23.0 Å². The molecule has 2 aromatic rings. The number of rotatable bonds is 4. The van der Waals surface area contributed by atoms with Crippen LogP contribution in [0.1, 0.15) is 28.7 Å². The molecular weight excluding hydrogens is 330 g/mol. The van der Waals surface area contributed by atoms with E-state index in [1.807, 2.05) is 6.92 Å². The van der Waals surface area contributed by atoms with Crippen molar-refractivity contribution in [3.05, 3.63) is 41.5 Å². The Morgan fingerprint density at radius 3 is 2.83 bits per heavy atom. The maximum Gasteiger partial charge on any atom is 0.252 e. The highest BCUT2D eigenvalue weighted by molar-refractivity contribution is 7.92. The van der Waals surface area contributed by atoms with Gasteiger partial charge in [-0.3, -0.25) is 9.10 Å². The van der Waals surface area contributed by atoms with Crippen molar-refractivity contribution < 1.29 is 13.2 Å². The molecule has 0 N–H and O–H groups in total. The van der Waals surface area contributed by atoms with Crippen molar-refractivity contribution in [2.24, 2.45) is 0 Å². The fourth-order valence-electron chi connectivity index (χ4n) is 2.94. The molecule has 0 amide bonds. The molecule has 0 fully saturated rings. The van der Waals surface area contributed by atoms with Crippen molar-refractivity contribution in [2.75, 3.05) is 10.6 Å². The molecule has 3 rings (SSSR count). The van der Waals surface area contributed by atoms with Gasteiger partial charge in [0.1, 0.15) is 18.9 Å². The van der Waals surface area contributed by atoms with E-state index in [0.29, 0.717) is 17.7 Å². The number of carbonyl (C=O) groups excluding carboxylic acids is 1. The lowest BCUT2D eigenvalue weighted by atomic mass is 10.0. The highest BCUT2D eigenvalue weighted by Gasteiger charge is 2.32. The van der Waals surface area contributed by atoms with Crippen LogP contribution in [-0.4, -0.2) is 41.3 Å². The Morgan fingerprint density at radius 1 is 1.46 bits per heavy atom. The zero-order chi connectivity index (χ0) is 17.5. The van der Waals surface area contributed by atoms with Crippen LogP contribution in [0.4, 0.5) is 5.69 Å². The molecule has 0 spiro atoms. The van der Waals surface area contributed by atoms with E-state index < -0.39 is 10.0 Å². The first kappa shape index (κ1) is 16.1. The normalized spacial score (nSPS) is 16.7. The first-order chi connectivity index (χ1) is 11.3. The van der Waals surface area contributed by atoms with Crippen LogP contribution in [0, 0.1) is 11.3 Å². The van der Waals surface area contributed by atoms with Gasteiger partial charge in [-0.25, -0.2) is 18.1 Å². The van der Waals surface area contributed by atoms with E-state index in [1.54, 1.807) is 24.3 Å². The van der Waals surface area contributed by atoms with Gasteiger partial charge >= 0.3 is 0 Å². The molecule has 1 aliphatic rings. The molecule has 124 valence electrons. The van der Waals surface area contributed by atoms with Gasteiger partial charge in [0.2, 0.25) is 10.0 Å². The minimum absolute atomic E-state index is 0.00868. The number of benzene rings is 1. The molecule has 2 heterocycles. The van der Waals surface area contributed by atoms with Crippen molar-refractivity contribution in [3.63, 3.8) is 0 Å². The maximum atomic E-state index is 12.4. The standard InChI is InChI=1S/C15H15N5O3S/c1-10-5-12-6-11(3-4-13(12)20(10)24(2,22)23)14(21)8-19-9-17-15(7-16)18-19/h3-4,6,9-10H,5,8H2,1-2H3/t10-/m0/s1. The largest absolute Gasteiger partial charge is 0.292 e. The lowest BCUT2D eigenvalue weighted by Gasteiger charge is -2.21. The molecule has 1 aromatic heterocycles. The average molecular weight is 345 g/mol. The molecule has 24 heavy (non-hydrogen) atoms. The van der Waals surface area contributed by atoms with Gasteiger partial charge in [-0.05, 0) is 37.1 Å². The first-order valence-corrected chi connectivity index (χ1v) is 9.09. The van der Waals surface area contributed by atoms with Gasteiger partial charge in [0, 0.05) is 11.6 Å². The minimum atomic E-state index is -3.35. The van der Waals surface area contributed by atoms with Gasteiger partial charge in [-0.1, -0.05) is 0 Å². The molecule has 0 saturated carbocycles. The van der Waals surface area contributed by atoms with E-state index >= 15 is 0 Å². The third-order valence-corrected chi connectivity index (χ3v) is 5.13. The maximum absolute atomic E-state index is 12.4. The van der Waals surface area contributed by atoms with E-state index in [2.05, 4.69) is 10.1 Å². The molecular formula is C15H15N5O3S. The number of carbonyl (C=O) groups is 1. The topological polar surface area (TPSA) is 109 Å². The molecule has 0 unspecified atom stereocenters. The molecule has 0 radical (unpaired) electrons. The predicted octanol–water partition coefficient (Wildman–Crippen LogP) is 0.743. The van der Waals surface area contributed by atoms with Crippen LogP contribution in [0.2, 0.25) is 0 Å². The predicted molar refractivity (Wildman–Crippen MR) is 86.0 cm³/mol. The SMILES string of the molecule is C[C@H]1Cc2cc(C(=O)Cn3cnc(C#N)n3)ccc2N1S(C)(=O)=O. The van der Waals surface area contributed by atoms with Crippen molar-refractivity contribution in [1.82, 2.24) is 14.8 Å². The summed E-state index contributed by atoms with van der Waals surface area (Å²) < 4.78 is 26.5.